The van der Waals surface area contributed by atoms with Gasteiger partial charge in [0, 0.05) is 37.7 Å². The quantitative estimate of drug-likeness (QED) is 0.874. The lowest BCUT2D eigenvalue weighted by Crippen LogP contribution is -2.41. The molecule has 0 radical (unpaired) electrons. The van der Waals surface area contributed by atoms with Gasteiger partial charge < -0.3 is 16.0 Å². The molecule has 6 heteroatoms. The van der Waals surface area contributed by atoms with Gasteiger partial charge in [-0.3, -0.25) is 9.78 Å². The molecule has 1 aliphatic rings. The molecule has 3 rings (SSSR count). The molecule has 0 saturated carbocycles. The summed E-state index contributed by atoms with van der Waals surface area (Å²) in [6.07, 6.45) is 5.19. The lowest BCUT2D eigenvalue weighted by atomic mass is 9.96. The number of amides is 1. The van der Waals surface area contributed by atoms with Gasteiger partial charge in [0.25, 0.3) is 0 Å². The molecular formula is C18H21ClN4O. The van der Waals surface area contributed by atoms with Crippen molar-refractivity contribution >= 4 is 28.9 Å². The zero-order valence-corrected chi connectivity index (χ0v) is 14.2. The van der Waals surface area contributed by atoms with Crippen LogP contribution in [0.25, 0.3) is 0 Å². The molecule has 1 aliphatic heterocycles. The number of carbonyl (C=O) groups excluding carboxylic acids is 1. The fourth-order valence-electron chi connectivity index (χ4n) is 3.11. The number of rotatable bonds is 5. The molecule has 24 heavy (non-hydrogen) atoms. The summed E-state index contributed by atoms with van der Waals surface area (Å²) in [5.74, 6) is -0.284. The van der Waals surface area contributed by atoms with Crippen molar-refractivity contribution < 1.29 is 4.79 Å². The van der Waals surface area contributed by atoms with E-state index in [2.05, 4.69) is 27.3 Å². The molecule has 0 unspecified atom stereocenters. The van der Waals surface area contributed by atoms with E-state index in [-0.39, 0.29) is 11.8 Å². The minimum Gasteiger partial charge on any atom is -0.380 e. The molecule has 1 saturated heterocycles. The van der Waals surface area contributed by atoms with Crippen molar-refractivity contribution in [3.8, 4) is 0 Å². The summed E-state index contributed by atoms with van der Waals surface area (Å²) in [5, 5.41) is 3.95. The van der Waals surface area contributed by atoms with Crippen LogP contribution in [-0.4, -0.2) is 24.0 Å². The fraction of sp³-hybridized carbons (Fsp3) is 0.333. The van der Waals surface area contributed by atoms with E-state index in [0.29, 0.717) is 18.1 Å². The minimum absolute atomic E-state index is 0.0746. The van der Waals surface area contributed by atoms with Crippen LogP contribution in [0.2, 0.25) is 5.02 Å². The maximum Gasteiger partial charge on any atom is 0.222 e. The molecule has 5 nitrogen and oxygen atoms in total. The van der Waals surface area contributed by atoms with Crippen LogP contribution in [0, 0.1) is 5.92 Å². The van der Waals surface area contributed by atoms with Gasteiger partial charge in [0.15, 0.2) is 0 Å². The van der Waals surface area contributed by atoms with E-state index in [4.69, 9.17) is 17.3 Å². The molecule has 0 spiro atoms. The summed E-state index contributed by atoms with van der Waals surface area (Å²) in [5.41, 5.74) is 8.66. The normalized spacial score (nSPS) is 17.5. The van der Waals surface area contributed by atoms with Gasteiger partial charge in [0.1, 0.15) is 0 Å². The fourth-order valence-corrected chi connectivity index (χ4v) is 3.29. The zero-order valence-electron chi connectivity index (χ0n) is 13.4. The minimum atomic E-state index is -0.209. The van der Waals surface area contributed by atoms with Gasteiger partial charge in [0.2, 0.25) is 5.91 Å². The Hall–Kier alpha value is -2.27. The number of primary amides is 1. The average molecular weight is 345 g/mol. The number of halogens is 1. The Bertz CT molecular complexity index is 722. The lowest BCUT2D eigenvalue weighted by molar-refractivity contribution is -0.122. The van der Waals surface area contributed by atoms with E-state index in [1.165, 1.54) is 0 Å². The molecule has 3 N–H and O–H groups in total. The van der Waals surface area contributed by atoms with Crippen LogP contribution in [-0.2, 0) is 11.3 Å². The van der Waals surface area contributed by atoms with E-state index in [1.54, 1.807) is 12.4 Å². The van der Waals surface area contributed by atoms with Crippen molar-refractivity contribution in [3.63, 3.8) is 0 Å². The average Bonchev–Trinajstić information content (AvgIpc) is 2.61. The number of hydrogen-bond acceptors (Lipinski definition) is 4. The Morgan fingerprint density at radius 1 is 1.38 bits per heavy atom. The second kappa shape index (κ2) is 7.53. The van der Waals surface area contributed by atoms with E-state index < -0.39 is 0 Å². The molecule has 1 amide bonds. The number of anilines is 2. The summed E-state index contributed by atoms with van der Waals surface area (Å²) < 4.78 is 0. The highest BCUT2D eigenvalue weighted by atomic mass is 35.5. The number of benzene rings is 1. The Balaban J connectivity index is 1.75. The zero-order chi connectivity index (χ0) is 16.9. The number of pyridine rings is 1. The first-order valence-corrected chi connectivity index (χ1v) is 8.48. The topological polar surface area (TPSA) is 71.2 Å². The largest absolute Gasteiger partial charge is 0.380 e. The van der Waals surface area contributed by atoms with Crippen LogP contribution in [0.5, 0.6) is 0 Å². The van der Waals surface area contributed by atoms with Crippen molar-refractivity contribution in [2.24, 2.45) is 11.7 Å². The van der Waals surface area contributed by atoms with E-state index in [1.807, 2.05) is 18.2 Å². The third-order valence-electron chi connectivity index (χ3n) is 4.40. The van der Waals surface area contributed by atoms with Gasteiger partial charge in [-0.25, -0.2) is 0 Å². The summed E-state index contributed by atoms with van der Waals surface area (Å²) in [7, 11) is 0. The molecule has 2 aromatic rings. The molecule has 1 aromatic carbocycles. The Kier molecular flexibility index (Phi) is 5.20. The van der Waals surface area contributed by atoms with E-state index in [0.717, 1.165) is 36.3 Å². The predicted molar refractivity (Wildman–Crippen MR) is 97.1 cm³/mol. The Labute approximate surface area is 146 Å². The number of para-hydroxylation sites is 1. The van der Waals surface area contributed by atoms with Crippen LogP contribution >= 0.6 is 11.6 Å². The predicted octanol–water partition coefficient (Wildman–Crippen LogP) is 3.05. The van der Waals surface area contributed by atoms with Crippen molar-refractivity contribution in [1.29, 1.82) is 0 Å². The van der Waals surface area contributed by atoms with Crippen LogP contribution in [0.4, 0.5) is 11.4 Å². The molecule has 126 valence electrons. The highest BCUT2D eigenvalue weighted by Crippen LogP contribution is 2.28. The van der Waals surface area contributed by atoms with Crippen LogP contribution < -0.4 is 16.0 Å². The van der Waals surface area contributed by atoms with Crippen molar-refractivity contribution in [3.05, 3.63) is 53.3 Å². The molecule has 1 fully saturated rings. The highest BCUT2D eigenvalue weighted by molar-refractivity contribution is 6.33. The molecule has 1 aromatic heterocycles. The first-order valence-electron chi connectivity index (χ1n) is 8.10. The molecule has 1 atom stereocenters. The Morgan fingerprint density at radius 3 is 3.00 bits per heavy atom. The highest BCUT2D eigenvalue weighted by Gasteiger charge is 2.25. The van der Waals surface area contributed by atoms with Gasteiger partial charge >= 0.3 is 0 Å². The number of nitrogens with zero attached hydrogens (tertiary/aromatic N) is 2. The summed E-state index contributed by atoms with van der Waals surface area (Å²) in [6.45, 7) is 2.27. The van der Waals surface area contributed by atoms with Crippen molar-refractivity contribution in [1.82, 2.24) is 4.98 Å². The van der Waals surface area contributed by atoms with Crippen LogP contribution in [0.3, 0.4) is 0 Å². The Morgan fingerprint density at radius 2 is 2.21 bits per heavy atom. The molecule has 0 aliphatic carbocycles. The van der Waals surface area contributed by atoms with Gasteiger partial charge in [-0.1, -0.05) is 29.8 Å². The van der Waals surface area contributed by atoms with Gasteiger partial charge in [-0.15, -0.1) is 0 Å². The van der Waals surface area contributed by atoms with Crippen molar-refractivity contribution in [2.75, 3.05) is 23.3 Å². The maximum absolute atomic E-state index is 11.5. The van der Waals surface area contributed by atoms with Gasteiger partial charge in [0.05, 0.1) is 16.6 Å². The second-order valence-electron chi connectivity index (χ2n) is 6.03. The van der Waals surface area contributed by atoms with Crippen LogP contribution in [0.15, 0.2) is 42.7 Å². The number of carbonyl (C=O) groups is 1. The van der Waals surface area contributed by atoms with E-state index >= 15 is 0 Å². The summed E-state index contributed by atoms with van der Waals surface area (Å²) in [6, 6.07) is 10.1. The third-order valence-corrected chi connectivity index (χ3v) is 4.70. The summed E-state index contributed by atoms with van der Waals surface area (Å²) >= 11 is 6.15. The van der Waals surface area contributed by atoms with Crippen molar-refractivity contribution in [2.45, 2.75) is 19.4 Å². The van der Waals surface area contributed by atoms with E-state index in [9.17, 15) is 4.79 Å². The summed E-state index contributed by atoms with van der Waals surface area (Å²) in [4.78, 5) is 17.8. The first kappa shape index (κ1) is 16.6. The monoisotopic (exact) mass is 344 g/mol. The number of hydrogen-bond donors (Lipinski definition) is 2. The number of aromatic nitrogens is 1. The number of nitrogens with one attached hydrogen (secondary N) is 1. The van der Waals surface area contributed by atoms with Gasteiger partial charge in [-0.2, -0.15) is 0 Å². The number of nitrogens with two attached hydrogens (primary N) is 1. The lowest BCUT2D eigenvalue weighted by Gasteiger charge is -2.34. The molecule has 0 bridgehead atoms. The second-order valence-corrected chi connectivity index (χ2v) is 6.43. The molecular weight excluding hydrogens is 324 g/mol. The van der Waals surface area contributed by atoms with Gasteiger partial charge in [-0.05, 0) is 30.5 Å². The molecule has 2 heterocycles. The maximum atomic E-state index is 11.5. The SMILES string of the molecule is NC(=O)[C@@H]1CCCN(c2ccccc2CNc2ccncc2Cl)C1. The number of piperidine rings is 1. The standard InChI is InChI=1S/C18H21ClN4O/c19-15-11-21-8-7-16(15)22-10-13-4-1-2-6-17(13)23-9-3-5-14(12-23)18(20)24/h1-2,4,6-8,11,14H,3,5,9-10,12H2,(H2,20,24)(H,21,22)/t14-/m1/s1. The van der Waals surface area contributed by atoms with Crippen LogP contribution in [0.1, 0.15) is 18.4 Å². The third kappa shape index (κ3) is 3.79. The first-order chi connectivity index (χ1) is 11.6. The smallest absolute Gasteiger partial charge is 0.222 e.